The van der Waals surface area contributed by atoms with E-state index in [0.29, 0.717) is 57.5 Å². The van der Waals surface area contributed by atoms with Crippen LogP contribution >= 0.6 is 23.2 Å². The molecule has 4 N–H and O–H groups in total. The lowest BCUT2D eigenvalue weighted by Gasteiger charge is -2.13. The van der Waals surface area contributed by atoms with Crippen LogP contribution < -0.4 is 22.2 Å². The van der Waals surface area contributed by atoms with Gasteiger partial charge < -0.3 is 25.6 Å². The van der Waals surface area contributed by atoms with Crippen LogP contribution in [0, 0.1) is 12.3 Å². The number of aromatic nitrogens is 2. The SMILES string of the molecule is CNCC(=N)c1cc(C)ccc1N.O=Cc1ccc(=O)n(Cc2cc(Cl)c(Cn3ccccc3=O)cc2Cl)c1. The molecule has 0 atom stereocenters. The number of nitrogens with two attached hydrogens (primary N) is 1. The molecule has 2 aromatic carbocycles. The molecule has 0 spiro atoms. The van der Waals surface area contributed by atoms with Gasteiger partial charge in [-0.05, 0) is 61.5 Å². The summed E-state index contributed by atoms with van der Waals surface area (Å²) in [4.78, 5) is 34.7. The van der Waals surface area contributed by atoms with E-state index in [1.807, 2.05) is 32.2 Å². The fraction of sp³-hybridized carbons (Fsp3) is 0.172. The summed E-state index contributed by atoms with van der Waals surface area (Å²) in [6.07, 6.45) is 3.81. The summed E-state index contributed by atoms with van der Waals surface area (Å²) in [6, 6.07) is 16.8. The number of aldehydes is 1. The summed E-state index contributed by atoms with van der Waals surface area (Å²) in [7, 11) is 1.82. The number of nitrogens with zero attached hydrogens (tertiary/aromatic N) is 2. The van der Waals surface area contributed by atoms with Crippen molar-refractivity contribution in [3.63, 3.8) is 0 Å². The van der Waals surface area contributed by atoms with Gasteiger partial charge in [0.2, 0.25) is 0 Å². The maximum absolute atomic E-state index is 12.0. The molecular formula is C29H29Cl2N5O3. The fourth-order valence-electron chi connectivity index (χ4n) is 3.78. The molecule has 0 saturated heterocycles. The summed E-state index contributed by atoms with van der Waals surface area (Å²) in [5.74, 6) is 0. The highest BCUT2D eigenvalue weighted by Gasteiger charge is 2.10. The number of pyridine rings is 2. The van der Waals surface area contributed by atoms with Crippen molar-refractivity contribution in [3.8, 4) is 0 Å². The van der Waals surface area contributed by atoms with Crippen LogP contribution in [0.5, 0.6) is 0 Å². The first kappa shape index (κ1) is 29.6. The molecule has 0 fully saturated rings. The third-order valence-electron chi connectivity index (χ3n) is 5.83. The highest BCUT2D eigenvalue weighted by atomic mass is 35.5. The Labute approximate surface area is 236 Å². The lowest BCUT2D eigenvalue weighted by molar-refractivity contribution is 0.112. The van der Waals surface area contributed by atoms with Gasteiger partial charge in [-0.3, -0.25) is 14.4 Å². The Bertz CT molecular complexity index is 1610. The van der Waals surface area contributed by atoms with Gasteiger partial charge in [0.05, 0.1) is 18.8 Å². The molecule has 10 heteroatoms. The molecule has 0 amide bonds. The second-order valence-electron chi connectivity index (χ2n) is 8.85. The number of nitrogen functional groups attached to an aromatic ring is 1. The van der Waals surface area contributed by atoms with Gasteiger partial charge in [-0.25, -0.2) is 0 Å². The first-order chi connectivity index (χ1) is 18.6. The Balaban J connectivity index is 0.000000272. The minimum Gasteiger partial charge on any atom is -0.398 e. The monoisotopic (exact) mass is 565 g/mol. The van der Waals surface area contributed by atoms with E-state index in [-0.39, 0.29) is 17.7 Å². The molecule has 4 aromatic rings. The molecule has 0 radical (unpaired) electrons. The van der Waals surface area contributed by atoms with Crippen molar-refractivity contribution in [2.75, 3.05) is 19.3 Å². The standard InChI is InChI=1S/C19H14Cl2N2O3.C10H15N3/c20-16-8-15(11-23-9-13(12-24)4-5-19(23)26)17(21)7-14(16)10-22-6-2-1-3-18(22)25;1-7-3-4-9(11)8(5-7)10(12)6-13-2/h1-9,12H,10-11H2;3-5,12-13H,6,11H2,1-2H3. The number of benzene rings is 2. The topological polar surface area (TPSA) is 123 Å². The number of likely N-dealkylation sites (N-methyl/N-ethyl adjacent to an activating group) is 1. The summed E-state index contributed by atoms with van der Waals surface area (Å²) in [5, 5.41) is 11.5. The average molecular weight is 566 g/mol. The Morgan fingerprint density at radius 3 is 2.21 bits per heavy atom. The van der Waals surface area contributed by atoms with Crippen molar-refractivity contribution in [3.05, 3.63) is 132 Å². The minimum absolute atomic E-state index is 0.138. The molecule has 0 saturated carbocycles. The number of anilines is 1. The number of hydrogen-bond donors (Lipinski definition) is 3. The van der Waals surface area contributed by atoms with Crippen LogP contribution in [0.1, 0.15) is 32.6 Å². The van der Waals surface area contributed by atoms with Gasteiger partial charge in [0, 0.05) is 57.9 Å². The second kappa shape index (κ2) is 13.7. The molecule has 0 unspecified atom stereocenters. The first-order valence-electron chi connectivity index (χ1n) is 12.0. The normalized spacial score (nSPS) is 10.5. The van der Waals surface area contributed by atoms with E-state index >= 15 is 0 Å². The maximum Gasteiger partial charge on any atom is 0.250 e. The largest absolute Gasteiger partial charge is 0.398 e. The molecule has 202 valence electrons. The predicted molar refractivity (Wildman–Crippen MR) is 158 cm³/mol. The fourth-order valence-corrected chi connectivity index (χ4v) is 4.27. The van der Waals surface area contributed by atoms with Gasteiger partial charge in [-0.2, -0.15) is 0 Å². The lowest BCUT2D eigenvalue weighted by Crippen LogP contribution is -2.20. The predicted octanol–water partition coefficient (Wildman–Crippen LogP) is 4.39. The summed E-state index contributed by atoms with van der Waals surface area (Å²) in [5.41, 5.74) is 10.3. The van der Waals surface area contributed by atoms with Gasteiger partial charge in [0.25, 0.3) is 11.1 Å². The Kier molecular flexibility index (Phi) is 10.4. The smallest absolute Gasteiger partial charge is 0.250 e. The molecule has 4 rings (SSSR count). The molecular weight excluding hydrogens is 537 g/mol. The molecule has 0 aliphatic heterocycles. The zero-order valence-corrected chi connectivity index (χ0v) is 23.1. The molecule has 8 nitrogen and oxygen atoms in total. The quantitative estimate of drug-likeness (QED) is 0.166. The third kappa shape index (κ3) is 8.00. The first-order valence-corrected chi connectivity index (χ1v) is 12.7. The van der Waals surface area contributed by atoms with Crippen LogP contribution in [0.25, 0.3) is 0 Å². The van der Waals surface area contributed by atoms with Gasteiger partial charge in [-0.1, -0.05) is 40.9 Å². The van der Waals surface area contributed by atoms with Gasteiger partial charge in [-0.15, -0.1) is 0 Å². The number of nitrogens with one attached hydrogen (secondary N) is 2. The van der Waals surface area contributed by atoms with Crippen LogP contribution in [-0.2, 0) is 13.1 Å². The zero-order valence-electron chi connectivity index (χ0n) is 21.6. The average Bonchev–Trinajstić information content (AvgIpc) is 2.91. The third-order valence-corrected chi connectivity index (χ3v) is 6.53. The zero-order chi connectivity index (χ0) is 28.5. The van der Waals surface area contributed by atoms with Crippen molar-refractivity contribution in [1.82, 2.24) is 14.5 Å². The van der Waals surface area contributed by atoms with E-state index in [4.69, 9.17) is 34.3 Å². The van der Waals surface area contributed by atoms with Gasteiger partial charge >= 0.3 is 0 Å². The second-order valence-corrected chi connectivity index (χ2v) is 9.66. The molecule has 2 heterocycles. The van der Waals surface area contributed by atoms with E-state index < -0.39 is 0 Å². The number of carbonyl (C=O) groups is 1. The number of rotatable bonds is 8. The van der Waals surface area contributed by atoms with Crippen LogP contribution in [0.3, 0.4) is 0 Å². The van der Waals surface area contributed by atoms with Crippen molar-refractivity contribution in [2.45, 2.75) is 20.0 Å². The van der Waals surface area contributed by atoms with Crippen LogP contribution in [0.15, 0.2) is 82.6 Å². The van der Waals surface area contributed by atoms with Crippen LogP contribution in [-0.4, -0.2) is 34.7 Å². The summed E-state index contributed by atoms with van der Waals surface area (Å²) < 4.78 is 2.91. The van der Waals surface area contributed by atoms with Gasteiger partial charge in [0.15, 0.2) is 6.29 Å². The van der Waals surface area contributed by atoms with Crippen molar-refractivity contribution < 1.29 is 4.79 Å². The number of halogens is 2. The van der Waals surface area contributed by atoms with E-state index in [9.17, 15) is 14.4 Å². The summed E-state index contributed by atoms with van der Waals surface area (Å²) >= 11 is 12.7. The van der Waals surface area contributed by atoms with E-state index in [2.05, 4.69) is 5.32 Å². The number of aryl methyl sites for hydroxylation is 1. The number of hydrogen-bond acceptors (Lipinski definition) is 6. The van der Waals surface area contributed by atoms with E-state index in [0.717, 1.165) is 11.1 Å². The number of carbonyl (C=O) groups excluding carboxylic acids is 1. The Morgan fingerprint density at radius 2 is 1.59 bits per heavy atom. The van der Waals surface area contributed by atoms with Crippen LogP contribution in [0.2, 0.25) is 10.0 Å². The van der Waals surface area contributed by atoms with E-state index in [1.54, 1.807) is 30.5 Å². The van der Waals surface area contributed by atoms with Crippen molar-refractivity contribution in [1.29, 1.82) is 5.41 Å². The van der Waals surface area contributed by atoms with Gasteiger partial charge in [0.1, 0.15) is 0 Å². The van der Waals surface area contributed by atoms with Crippen molar-refractivity contribution in [2.24, 2.45) is 0 Å². The molecule has 39 heavy (non-hydrogen) atoms. The molecule has 0 bridgehead atoms. The maximum atomic E-state index is 12.0. The molecule has 0 aliphatic rings. The Hall–Kier alpha value is -3.98. The van der Waals surface area contributed by atoms with Crippen LogP contribution in [0.4, 0.5) is 5.69 Å². The lowest BCUT2D eigenvalue weighted by atomic mass is 10.1. The summed E-state index contributed by atoms with van der Waals surface area (Å²) in [6.45, 7) is 3.02. The molecule has 0 aliphatic carbocycles. The highest BCUT2D eigenvalue weighted by molar-refractivity contribution is 6.34. The highest BCUT2D eigenvalue weighted by Crippen LogP contribution is 2.26. The minimum atomic E-state index is -0.247. The Morgan fingerprint density at radius 1 is 0.949 bits per heavy atom. The van der Waals surface area contributed by atoms with Crippen molar-refractivity contribution >= 4 is 40.9 Å². The molecule has 2 aromatic heterocycles. The van der Waals surface area contributed by atoms with E-state index in [1.165, 1.54) is 33.5 Å².